The molecular weight excluding hydrogens is 214 g/mol. The standard InChI is InChI=1S/C11H17NO2.ClH/c1-8(12)6-9-7-10(13-2)4-5-11(9)14-3;/h4-5,7-8H,6,12H2,1-3H3;1H/t8-;/m1./s1. The molecule has 4 heteroatoms. The van der Waals surface area contributed by atoms with E-state index in [9.17, 15) is 0 Å². The van der Waals surface area contributed by atoms with Crippen LogP contribution in [0.4, 0.5) is 0 Å². The van der Waals surface area contributed by atoms with Gasteiger partial charge < -0.3 is 15.2 Å². The van der Waals surface area contributed by atoms with Crippen LogP contribution in [0.1, 0.15) is 12.5 Å². The van der Waals surface area contributed by atoms with Gasteiger partial charge in [0, 0.05) is 6.04 Å². The van der Waals surface area contributed by atoms with Gasteiger partial charge in [-0.3, -0.25) is 0 Å². The first kappa shape index (κ1) is 14.1. The maximum absolute atomic E-state index is 5.74. The van der Waals surface area contributed by atoms with E-state index in [1.807, 2.05) is 25.1 Å². The molecule has 0 radical (unpaired) electrons. The highest BCUT2D eigenvalue weighted by molar-refractivity contribution is 5.85. The summed E-state index contributed by atoms with van der Waals surface area (Å²) in [6, 6.07) is 5.86. The number of benzene rings is 1. The summed E-state index contributed by atoms with van der Waals surface area (Å²) in [6.45, 7) is 1.97. The average Bonchev–Trinajstić information content (AvgIpc) is 2.16. The Morgan fingerprint density at radius 2 is 1.93 bits per heavy atom. The van der Waals surface area contributed by atoms with E-state index in [4.69, 9.17) is 15.2 Å². The molecule has 3 nitrogen and oxygen atoms in total. The van der Waals surface area contributed by atoms with Crippen LogP contribution in [-0.2, 0) is 6.42 Å². The predicted octanol–water partition coefficient (Wildman–Crippen LogP) is 2.02. The Bertz CT molecular complexity index is 303. The fourth-order valence-electron chi connectivity index (χ4n) is 1.39. The lowest BCUT2D eigenvalue weighted by molar-refractivity contribution is 0.397. The quantitative estimate of drug-likeness (QED) is 0.862. The molecule has 1 aromatic carbocycles. The van der Waals surface area contributed by atoms with Gasteiger partial charge in [-0.25, -0.2) is 0 Å². The first-order valence-corrected chi connectivity index (χ1v) is 4.64. The molecule has 0 unspecified atom stereocenters. The molecule has 1 rings (SSSR count). The summed E-state index contributed by atoms with van der Waals surface area (Å²) in [5.74, 6) is 1.70. The third-order valence-electron chi connectivity index (χ3n) is 2.03. The van der Waals surface area contributed by atoms with Crippen LogP contribution in [0.15, 0.2) is 18.2 Å². The number of hydrogen-bond acceptors (Lipinski definition) is 3. The number of hydrogen-bond donors (Lipinski definition) is 1. The van der Waals surface area contributed by atoms with Crippen LogP contribution in [0.2, 0.25) is 0 Å². The highest BCUT2D eigenvalue weighted by Crippen LogP contribution is 2.24. The molecule has 0 aliphatic heterocycles. The number of ether oxygens (including phenoxy) is 2. The summed E-state index contributed by atoms with van der Waals surface area (Å²) in [4.78, 5) is 0. The maximum atomic E-state index is 5.74. The zero-order chi connectivity index (χ0) is 10.6. The molecule has 0 fully saturated rings. The second kappa shape index (κ2) is 6.53. The Balaban J connectivity index is 0.00000196. The van der Waals surface area contributed by atoms with Crippen molar-refractivity contribution < 1.29 is 9.47 Å². The highest BCUT2D eigenvalue weighted by atomic mass is 35.5. The Morgan fingerprint density at radius 3 is 2.40 bits per heavy atom. The van der Waals surface area contributed by atoms with E-state index >= 15 is 0 Å². The van der Waals surface area contributed by atoms with E-state index in [-0.39, 0.29) is 18.4 Å². The summed E-state index contributed by atoms with van der Waals surface area (Å²) < 4.78 is 10.4. The van der Waals surface area contributed by atoms with Crippen molar-refractivity contribution in [3.63, 3.8) is 0 Å². The monoisotopic (exact) mass is 231 g/mol. The molecule has 2 N–H and O–H groups in total. The van der Waals surface area contributed by atoms with Crippen molar-refractivity contribution in [1.82, 2.24) is 0 Å². The van der Waals surface area contributed by atoms with Gasteiger partial charge in [-0.15, -0.1) is 12.4 Å². The minimum absolute atomic E-state index is 0. The molecule has 0 aromatic heterocycles. The fourth-order valence-corrected chi connectivity index (χ4v) is 1.39. The molecular formula is C11H18ClNO2. The van der Waals surface area contributed by atoms with Crippen molar-refractivity contribution >= 4 is 12.4 Å². The van der Waals surface area contributed by atoms with Crippen LogP contribution in [0.5, 0.6) is 11.5 Å². The second-order valence-corrected chi connectivity index (χ2v) is 3.36. The molecule has 15 heavy (non-hydrogen) atoms. The van der Waals surface area contributed by atoms with Gasteiger partial charge in [-0.05, 0) is 37.1 Å². The lowest BCUT2D eigenvalue weighted by Gasteiger charge is -2.11. The third kappa shape index (κ3) is 3.98. The summed E-state index contributed by atoms with van der Waals surface area (Å²) >= 11 is 0. The molecule has 1 atom stereocenters. The number of nitrogens with two attached hydrogens (primary N) is 1. The Morgan fingerprint density at radius 1 is 1.27 bits per heavy atom. The predicted molar refractivity (Wildman–Crippen MR) is 64.1 cm³/mol. The first-order chi connectivity index (χ1) is 6.67. The van der Waals surface area contributed by atoms with E-state index in [0.717, 1.165) is 23.5 Å². The number of methoxy groups -OCH3 is 2. The van der Waals surface area contributed by atoms with E-state index in [2.05, 4.69) is 0 Å². The minimum Gasteiger partial charge on any atom is -0.497 e. The highest BCUT2D eigenvalue weighted by Gasteiger charge is 2.06. The van der Waals surface area contributed by atoms with Crippen LogP contribution in [0, 0.1) is 0 Å². The van der Waals surface area contributed by atoms with E-state index < -0.39 is 0 Å². The summed E-state index contributed by atoms with van der Waals surface area (Å²) in [5, 5.41) is 0. The van der Waals surface area contributed by atoms with Gasteiger partial charge in [0.05, 0.1) is 14.2 Å². The van der Waals surface area contributed by atoms with Gasteiger partial charge in [0.25, 0.3) is 0 Å². The van der Waals surface area contributed by atoms with Gasteiger partial charge >= 0.3 is 0 Å². The zero-order valence-corrected chi connectivity index (χ0v) is 10.1. The molecule has 0 heterocycles. The van der Waals surface area contributed by atoms with Crippen molar-refractivity contribution in [1.29, 1.82) is 0 Å². The van der Waals surface area contributed by atoms with Crippen molar-refractivity contribution in [3.05, 3.63) is 23.8 Å². The summed E-state index contributed by atoms with van der Waals surface area (Å²) in [5.41, 5.74) is 6.83. The maximum Gasteiger partial charge on any atom is 0.122 e. The summed E-state index contributed by atoms with van der Waals surface area (Å²) in [6.07, 6.45) is 0.792. The average molecular weight is 232 g/mol. The largest absolute Gasteiger partial charge is 0.497 e. The second-order valence-electron chi connectivity index (χ2n) is 3.36. The van der Waals surface area contributed by atoms with Crippen LogP contribution < -0.4 is 15.2 Å². The van der Waals surface area contributed by atoms with Crippen LogP contribution >= 0.6 is 12.4 Å². The molecule has 0 bridgehead atoms. The summed E-state index contributed by atoms with van der Waals surface area (Å²) in [7, 11) is 3.31. The molecule has 1 aromatic rings. The van der Waals surface area contributed by atoms with Gasteiger partial charge in [-0.1, -0.05) is 0 Å². The smallest absolute Gasteiger partial charge is 0.122 e. The van der Waals surface area contributed by atoms with Crippen molar-refractivity contribution in [2.45, 2.75) is 19.4 Å². The minimum atomic E-state index is 0. The van der Waals surface area contributed by atoms with Gasteiger partial charge in [0.1, 0.15) is 11.5 Å². The Labute approximate surface area is 97.0 Å². The first-order valence-electron chi connectivity index (χ1n) is 4.64. The molecule has 0 spiro atoms. The molecule has 0 aliphatic carbocycles. The molecule has 0 saturated carbocycles. The molecule has 0 saturated heterocycles. The van der Waals surface area contributed by atoms with Crippen molar-refractivity contribution in [3.8, 4) is 11.5 Å². The molecule has 0 aliphatic rings. The van der Waals surface area contributed by atoms with Crippen molar-refractivity contribution in [2.24, 2.45) is 5.73 Å². The Kier molecular flexibility index (Phi) is 6.13. The van der Waals surface area contributed by atoms with Crippen LogP contribution in [0.25, 0.3) is 0 Å². The third-order valence-corrected chi connectivity index (χ3v) is 2.03. The van der Waals surface area contributed by atoms with Gasteiger partial charge in [0.2, 0.25) is 0 Å². The van der Waals surface area contributed by atoms with Gasteiger partial charge in [0.15, 0.2) is 0 Å². The number of halogens is 1. The van der Waals surface area contributed by atoms with E-state index in [1.165, 1.54) is 0 Å². The fraction of sp³-hybridized carbons (Fsp3) is 0.455. The zero-order valence-electron chi connectivity index (χ0n) is 9.32. The van der Waals surface area contributed by atoms with Crippen LogP contribution in [-0.4, -0.2) is 20.3 Å². The van der Waals surface area contributed by atoms with Crippen LogP contribution in [0.3, 0.4) is 0 Å². The van der Waals surface area contributed by atoms with E-state index in [0.29, 0.717) is 0 Å². The molecule has 0 amide bonds. The normalized spacial score (nSPS) is 11.5. The van der Waals surface area contributed by atoms with Crippen molar-refractivity contribution in [2.75, 3.05) is 14.2 Å². The van der Waals surface area contributed by atoms with E-state index in [1.54, 1.807) is 14.2 Å². The lowest BCUT2D eigenvalue weighted by Crippen LogP contribution is -2.18. The molecule has 86 valence electrons. The lowest BCUT2D eigenvalue weighted by atomic mass is 10.1. The topological polar surface area (TPSA) is 44.5 Å². The Hall–Kier alpha value is -0.930. The number of rotatable bonds is 4. The SMILES string of the molecule is COc1ccc(OC)c(C[C@@H](C)N)c1.Cl. The van der Waals surface area contributed by atoms with Gasteiger partial charge in [-0.2, -0.15) is 0 Å².